The monoisotopic (exact) mass is 635 g/mol. The summed E-state index contributed by atoms with van der Waals surface area (Å²) in [5.74, 6) is 5.66. The van der Waals surface area contributed by atoms with E-state index in [4.69, 9.17) is 14.2 Å². The van der Waals surface area contributed by atoms with Crippen molar-refractivity contribution in [2.75, 3.05) is 37.8 Å². The highest BCUT2D eigenvalue weighted by molar-refractivity contribution is 8.76. The molecule has 1 heterocycles. The van der Waals surface area contributed by atoms with Gasteiger partial charge in [-0.05, 0) is 99.9 Å². The number of hydrogen-bond donors (Lipinski definition) is 0. The number of fused-ring (bicyclic) bond motifs is 1. The second kappa shape index (κ2) is 21.4. The number of hydrogen-bond acceptors (Lipinski definition) is 6. The Morgan fingerprint density at radius 1 is 0.791 bits per heavy atom. The predicted octanol–water partition coefficient (Wildman–Crippen LogP) is 10.2. The average molecular weight is 636 g/mol. The van der Waals surface area contributed by atoms with Crippen LogP contribution in [0.15, 0.2) is 18.2 Å². The van der Waals surface area contributed by atoms with Crippen LogP contribution in [0.2, 0.25) is 0 Å². The summed E-state index contributed by atoms with van der Waals surface area (Å²) in [6.07, 6.45) is 16.7. The van der Waals surface area contributed by atoms with E-state index in [-0.39, 0.29) is 18.3 Å². The molecular weight excluding hydrogens is 571 g/mol. The van der Waals surface area contributed by atoms with Crippen molar-refractivity contribution in [3.63, 3.8) is 0 Å². The van der Waals surface area contributed by atoms with E-state index in [2.05, 4.69) is 64.6 Å². The van der Waals surface area contributed by atoms with Crippen molar-refractivity contribution in [1.82, 2.24) is 4.90 Å². The van der Waals surface area contributed by atoms with Gasteiger partial charge in [-0.15, -0.1) is 0 Å². The van der Waals surface area contributed by atoms with Crippen LogP contribution in [0, 0.1) is 17.8 Å². The fourth-order valence-corrected chi connectivity index (χ4v) is 8.31. The topological polar surface area (TPSA) is 30.9 Å². The third-order valence-electron chi connectivity index (χ3n) is 9.17. The van der Waals surface area contributed by atoms with Gasteiger partial charge in [0.25, 0.3) is 0 Å². The molecule has 1 aliphatic heterocycles. The van der Waals surface area contributed by atoms with Crippen molar-refractivity contribution in [2.24, 2.45) is 17.8 Å². The molecular formula is C37H65NO3S2. The van der Waals surface area contributed by atoms with Crippen molar-refractivity contribution >= 4 is 21.6 Å². The molecule has 2 aliphatic rings. The van der Waals surface area contributed by atoms with Crippen molar-refractivity contribution in [3.8, 4) is 5.75 Å². The van der Waals surface area contributed by atoms with Gasteiger partial charge in [0.15, 0.2) is 0 Å². The zero-order valence-corrected chi connectivity index (χ0v) is 30.3. The molecule has 248 valence electrons. The maximum atomic E-state index is 6.13. The summed E-state index contributed by atoms with van der Waals surface area (Å²) >= 11 is 0. The van der Waals surface area contributed by atoms with Crippen molar-refractivity contribution in [2.45, 2.75) is 143 Å². The second-order valence-corrected chi connectivity index (χ2v) is 16.8. The van der Waals surface area contributed by atoms with Crippen LogP contribution in [-0.2, 0) is 22.4 Å². The molecule has 1 aromatic rings. The van der Waals surface area contributed by atoms with E-state index in [0.717, 1.165) is 74.0 Å². The van der Waals surface area contributed by atoms with Crippen LogP contribution in [0.1, 0.15) is 123 Å². The van der Waals surface area contributed by atoms with E-state index < -0.39 is 0 Å². The largest absolute Gasteiger partial charge is 0.493 e. The zero-order valence-electron chi connectivity index (χ0n) is 28.6. The second-order valence-electron chi connectivity index (χ2n) is 14.1. The number of benzene rings is 1. The standard InChI is InChI=1S/C37H65NO3S2/c1-29(2)11-7-12-31(5)13-8-14-32(6)15-10-21-38-22-20-33-27-35(19-18-34(33)28-38)39-23-25-42-43-26-24-40-36-16-9-17-37(36)41-30(3)4/h18-19,27,29-32,36-37H,7-17,20-26,28H2,1-6H3. The summed E-state index contributed by atoms with van der Waals surface area (Å²) in [5.41, 5.74) is 2.97. The molecule has 0 saturated heterocycles. The Balaban J connectivity index is 1.19. The lowest BCUT2D eigenvalue weighted by Crippen LogP contribution is -2.31. The molecule has 1 saturated carbocycles. The Morgan fingerprint density at radius 3 is 2.19 bits per heavy atom. The summed E-state index contributed by atoms with van der Waals surface area (Å²) in [5, 5.41) is 0. The minimum atomic E-state index is 0.283. The van der Waals surface area contributed by atoms with Gasteiger partial charge in [-0.1, -0.05) is 93.9 Å². The van der Waals surface area contributed by atoms with Crippen LogP contribution in [0.25, 0.3) is 0 Å². The number of rotatable bonds is 23. The first-order valence-corrected chi connectivity index (χ1v) is 20.3. The van der Waals surface area contributed by atoms with Crippen LogP contribution in [0.5, 0.6) is 5.75 Å². The fraction of sp³-hybridized carbons (Fsp3) is 0.838. The van der Waals surface area contributed by atoms with Gasteiger partial charge in [0.2, 0.25) is 0 Å². The van der Waals surface area contributed by atoms with Gasteiger partial charge in [0.05, 0.1) is 31.5 Å². The predicted molar refractivity (Wildman–Crippen MR) is 190 cm³/mol. The van der Waals surface area contributed by atoms with Crippen molar-refractivity contribution in [1.29, 1.82) is 0 Å². The minimum absolute atomic E-state index is 0.283. The lowest BCUT2D eigenvalue weighted by atomic mass is 9.92. The summed E-state index contributed by atoms with van der Waals surface area (Å²) in [4.78, 5) is 2.66. The van der Waals surface area contributed by atoms with Crippen molar-refractivity contribution < 1.29 is 14.2 Å². The van der Waals surface area contributed by atoms with E-state index >= 15 is 0 Å². The maximum Gasteiger partial charge on any atom is 0.119 e. The first kappa shape index (κ1) is 37.1. The molecule has 3 rings (SSSR count). The number of ether oxygens (including phenoxy) is 3. The van der Waals surface area contributed by atoms with Gasteiger partial charge in [-0.25, -0.2) is 0 Å². The van der Waals surface area contributed by atoms with Crippen LogP contribution >= 0.6 is 21.6 Å². The van der Waals surface area contributed by atoms with Gasteiger partial charge in [-0.3, -0.25) is 4.90 Å². The molecule has 43 heavy (non-hydrogen) atoms. The van der Waals surface area contributed by atoms with Gasteiger partial charge in [-0.2, -0.15) is 0 Å². The lowest BCUT2D eigenvalue weighted by molar-refractivity contribution is -0.0738. The van der Waals surface area contributed by atoms with E-state index in [0.29, 0.717) is 0 Å². The lowest BCUT2D eigenvalue weighted by Gasteiger charge is -2.29. The smallest absolute Gasteiger partial charge is 0.119 e. The Bertz CT molecular complexity index is 866. The molecule has 1 fully saturated rings. The van der Waals surface area contributed by atoms with Crippen LogP contribution in [-0.4, -0.2) is 61.0 Å². The normalized spacial score (nSPS) is 20.6. The summed E-state index contributed by atoms with van der Waals surface area (Å²) < 4.78 is 18.2. The van der Waals surface area contributed by atoms with E-state index in [9.17, 15) is 0 Å². The SMILES string of the molecule is CC(C)CCCC(C)CCCC(C)CCCN1CCc2cc(OCCSSCCOC3CCCC3OC(C)C)ccc2C1. The molecule has 0 spiro atoms. The quantitative estimate of drug-likeness (QED) is 0.0878. The molecule has 1 aromatic carbocycles. The molecule has 0 aromatic heterocycles. The molecule has 0 bridgehead atoms. The minimum Gasteiger partial charge on any atom is -0.493 e. The Hall–Kier alpha value is -0.400. The van der Waals surface area contributed by atoms with E-state index in [1.54, 1.807) is 0 Å². The third-order valence-corrected chi connectivity index (χ3v) is 11.5. The Labute approximate surface area is 273 Å². The molecule has 4 unspecified atom stereocenters. The van der Waals surface area contributed by atoms with Crippen LogP contribution in [0.4, 0.5) is 0 Å². The highest BCUT2D eigenvalue weighted by atomic mass is 33.1. The Kier molecular flexibility index (Phi) is 18.4. The van der Waals surface area contributed by atoms with Gasteiger partial charge < -0.3 is 14.2 Å². The maximum absolute atomic E-state index is 6.13. The summed E-state index contributed by atoms with van der Waals surface area (Å²) in [6.45, 7) is 18.9. The van der Waals surface area contributed by atoms with Crippen LogP contribution < -0.4 is 4.74 Å². The van der Waals surface area contributed by atoms with E-state index in [1.807, 2.05) is 21.6 Å². The molecule has 1 aliphatic carbocycles. The average Bonchev–Trinajstić information content (AvgIpc) is 3.40. The highest BCUT2D eigenvalue weighted by Gasteiger charge is 2.29. The molecule has 0 N–H and O–H groups in total. The first-order chi connectivity index (χ1) is 20.8. The van der Waals surface area contributed by atoms with Gasteiger partial charge >= 0.3 is 0 Å². The highest BCUT2D eigenvalue weighted by Crippen LogP contribution is 2.28. The molecule has 0 radical (unpaired) electrons. The van der Waals surface area contributed by atoms with E-state index in [1.165, 1.54) is 82.0 Å². The zero-order chi connectivity index (χ0) is 30.9. The van der Waals surface area contributed by atoms with Gasteiger partial charge in [0.1, 0.15) is 5.75 Å². The molecule has 4 atom stereocenters. The van der Waals surface area contributed by atoms with Crippen molar-refractivity contribution in [3.05, 3.63) is 29.3 Å². The summed E-state index contributed by atoms with van der Waals surface area (Å²) in [7, 11) is 3.78. The fourth-order valence-electron chi connectivity index (χ4n) is 6.64. The van der Waals surface area contributed by atoms with Gasteiger partial charge in [0, 0.05) is 24.6 Å². The molecule has 0 amide bonds. The Morgan fingerprint density at radius 2 is 1.47 bits per heavy atom. The number of nitrogens with zero attached hydrogens (tertiary/aromatic N) is 1. The summed E-state index contributed by atoms with van der Waals surface area (Å²) in [6, 6.07) is 6.78. The third kappa shape index (κ3) is 15.6. The van der Waals surface area contributed by atoms with Crippen LogP contribution in [0.3, 0.4) is 0 Å². The molecule has 6 heteroatoms. The molecule has 4 nitrogen and oxygen atoms in total. The first-order valence-electron chi connectivity index (χ1n) is 17.8.